The Bertz CT molecular complexity index is 1050. The third kappa shape index (κ3) is 4.44. The SMILES string of the molecule is COc1nccc(-c2ccc(-c3ccc(N4CCC(NCC5CC5)C4)nn3)c(O)c2)n1. The van der Waals surface area contributed by atoms with Gasteiger partial charge in [-0.3, -0.25) is 0 Å². The molecule has 1 saturated carbocycles. The molecule has 0 spiro atoms. The zero-order chi connectivity index (χ0) is 21.2. The minimum absolute atomic E-state index is 0.127. The average Bonchev–Trinajstić information content (AvgIpc) is 3.53. The first kappa shape index (κ1) is 19.7. The van der Waals surface area contributed by atoms with Crippen LogP contribution in [-0.2, 0) is 0 Å². The van der Waals surface area contributed by atoms with E-state index in [0.29, 0.717) is 23.0 Å². The molecule has 1 aliphatic carbocycles. The average molecular weight is 419 g/mol. The van der Waals surface area contributed by atoms with Crippen LogP contribution < -0.4 is 15.0 Å². The van der Waals surface area contributed by atoms with Gasteiger partial charge in [0.15, 0.2) is 5.82 Å². The summed E-state index contributed by atoms with van der Waals surface area (Å²) in [6, 6.07) is 11.9. The maximum absolute atomic E-state index is 10.6. The Labute approximate surface area is 181 Å². The van der Waals surface area contributed by atoms with Gasteiger partial charge < -0.3 is 20.1 Å². The number of phenolic OH excluding ortho intramolecular Hbond substituents is 1. The van der Waals surface area contributed by atoms with Crippen molar-refractivity contribution in [2.75, 3.05) is 31.6 Å². The first-order chi connectivity index (χ1) is 15.2. The topological polar surface area (TPSA) is 96.3 Å². The highest BCUT2D eigenvalue weighted by Crippen LogP contribution is 2.33. The molecule has 31 heavy (non-hydrogen) atoms. The molecule has 0 radical (unpaired) electrons. The van der Waals surface area contributed by atoms with Gasteiger partial charge in [-0.2, -0.15) is 4.98 Å². The summed E-state index contributed by atoms with van der Waals surface area (Å²) in [7, 11) is 1.52. The van der Waals surface area contributed by atoms with Crippen molar-refractivity contribution in [3.8, 4) is 34.3 Å². The zero-order valence-corrected chi connectivity index (χ0v) is 17.5. The molecule has 5 rings (SSSR count). The van der Waals surface area contributed by atoms with Crippen LogP contribution in [0.4, 0.5) is 5.82 Å². The Kier molecular flexibility index (Phi) is 5.38. The lowest BCUT2D eigenvalue weighted by atomic mass is 10.1. The van der Waals surface area contributed by atoms with Crippen molar-refractivity contribution >= 4 is 5.82 Å². The third-order valence-electron chi connectivity index (χ3n) is 5.94. The Balaban J connectivity index is 1.28. The molecule has 2 fully saturated rings. The molecule has 8 nitrogen and oxygen atoms in total. The van der Waals surface area contributed by atoms with E-state index in [-0.39, 0.29) is 11.8 Å². The highest BCUT2D eigenvalue weighted by molar-refractivity contribution is 5.73. The lowest BCUT2D eigenvalue weighted by Crippen LogP contribution is -2.34. The van der Waals surface area contributed by atoms with Gasteiger partial charge in [0, 0.05) is 36.5 Å². The number of hydrogen-bond donors (Lipinski definition) is 2. The van der Waals surface area contributed by atoms with Crippen LogP contribution in [0.15, 0.2) is 42.6 Å². The summed E-state index contributed by atoms with van der Waals surface area (Å²) in [5.74, 6) is 1.90. The van der Waals surface area contributed by atoms with Gasteiger partial charge in [0.1, 0.15) is 5.75 Å². The Hall–Kier alpha value is -3.26. The minimum Gasteiger partial charge on any atom is -0.507 e. The van der Waals surface area contributed by atoms with Crippen molar-refractivity contribution < 1.29 is 9.84 Å². The van der Waals surface area contributed by atoms with Gasteiger partial charge in [0.05, 0.1) is 18.5 Å². The summed E-state index contributed by atoms with van der Waals surface area (Å²) in [5, 5.41) is 23.1. The Morgan fingerprint density at radius 1 is 1.10 bits per heavy atom. The number of benzene rings is 1. The van der Waals surface area contributed by atoms with Crippen LogP contribution in [0.25, 0.3) is 22.5 Å². The fourth-order valence-corrected chi connectivity index (χ4v) is 3.94. The summed E-state index contributed by atoms with van der Waals surface area (Å²) < 4.78 is 5.08. The Morgan fingerprint density at radius 3 is 2.74 bits per heavy atom. The molecular weight excluding hydrogens is 392 g/mol. The second-order valence-corrected chi connectivity index (χ2v) is 8.22. The highest BCUT2D eigenvalue weighted by atomic mass is 16.5. The molecule has 2 aliphatic rings. The molecule has 0 bridgehead atoms. The number of aromatic hydroxyl groups is 1. The molecule has 8 heteroatoms. The minimum atomic E-state index is 0.127. The van der Waals surface area contributed by atoms with Crippen molar-refractivity contribution in [1.29, 1.82) is 0 Å². The first-order valence-electron chi connectivity index (χ1n) is 10.7. The maximum atomic E-state index is 10.6. The number of ether oxygens (including phenoxy) is 1. The summed E-state index contributed by atoms with van der Waals surface area (Å²) in [6.45, 7) is 3.09. The molecule has 3 heterocycles. The van der Waals surface area contributed by atoms with Crippen molar-refractivity contribution in [2.24, 2.45) is 5.92 Å². The molecule has 1 saturated heterocycles. The number of aromatic nitrogens is 4. The molecule has 0 amide bonds. The number of nitrogens with zero attached hydrogens (tertiary/aromatic N) is 5. The van der Waals surface area contributed by atoms with Crippen molar-refractivity contribution in [2.45, 2.75) is 25.3 Å². The van der Waals surface area contributed by atoms with Crippen molar-refractivity contribution in [3.63, 3.8) is 0 Å². The number of hydrogen-bond acceptors (Lipinski definition) is 8. The third-order valence-corrected chi connectivity index (χ3v) is 5.94. The highest BCUT2D eigenvalue weighted by Gasteiger charge is 2.27. The van der Waals surface area contributed by atoms with Crippen LogP contribution in [0.2, 0.25) is 0 Å². The molecule has 2 N–H and O–H groups in total. The molecule has 1 aliphatic heterocycles. The standard InChI is InChI=1S/C23H26N6O2/c1-31-23-24-10-8-19(26-23)16-4-5-18(21(30)12-16)20-6-7-22(28-27-20)29-11-9-17(14-29)25-13-15-2-3-15/h4-8,10,12,15,17,25,30H,2-3,9,11,13-14H2,1H3. The van der Waals surface area contributed by atoms with Gasteiger partial charge in [-0.1, -0.05) is 6.07 Å². The van der Waals surface area contributed by atoms with E-state index in [2.05, 4.69) is 30.4 Å². The second kappa shape index (κ2) is 8.47. The summed E-state index contributed by atoms with van der Waals surface area (Å²) in [5.41, 5.74) is 2.72. The number of methoxy groups -OCH3 is 1. The fraction of sp³-hybridized carbons (Fsp3) is 0.391. The quantitative estimate of drug-likeness (QED) is 0.605. The van der Waals surface area contributed by atoms with Crippen LogP contribution in [0.3, 0.4) is 0 Å². The van der Waals surface area contributed by atoms with E-state index in [4.69, 9.17) is 4.74 Å². The van der Waals surface area contributed by atoms with E-state index in [1.54, 1.807) is 18.3 Å². The normalized spacial score (nSPS) is 18.4. The first-order valence-corrected chi connectivity index (χ1v) is 10.7. The van der Waals surface area contributed by atoms with Crippen LogP contribution in [0.1, 0.15) is 19.3 Å². The molecule has 1 aromatic carbocycles. The van der Waals surface area contributed by atoms with Crippen molar-refractivity contribution in [1.82, 2.24) is 25.5 Å². The summed E-state index contributed by atoms with van der Waals surface area (Å²) in [4.78, 5) is 10.6. The summed E-state index contributed by atoms with van der Waals surface area (Å²) in [6.07, 6.45) is 5.50. The lowest BCUT2D eigenvalue weighted by Gasteiger charge is -2.17. The molecule has 1 unspecified atom stereocenters. The monoisotopic (exact) mass is 418 g/mol. The number of nitrogens with one attached hydrogen (secondary N) is 1. The van der Waals surface area contributed by atoms with Gasteiger partial charge in [0.25, 0.3) is 0 Å². The predicted molar refractivity (Wildman–Crippen MR) is 118 cm³/mol. The van der Waals surface area contributed by atoms with Gasteiger partial charge in [-0.25, -0.2) is 4.98 Å². The second-order valence-electron chi connectivity index (χ2n) is 8.22. The van der Waals surface area contributed by atoms with Gasteiger partial charge in [-0.15, -0.1) is 10.2 Å². The fourth-order valence-electron chi connectivity index (χ4n) is 3.94. The Morgan fingerprint density at radius 2 is 2.00 bits per heavy atom. The van der Waals surface area contributed by atoms with Crippen molar-refractivity contribution in [3.05, 3.63) is 42.6 Å². The molecular formula is C23H26N6O2. The molecule has 160 valence electrons. The predicted octanol–water partition coefficient (Wildman–Crippen LogP) is 2.89. The number of anilines is 1. The van der Waals surface area contributed by atoms with Crippen LogP contribution in [0.5, 0.6) is 11.8 Å². The lowest BCUT2D eigenvalue weighted by molar-refractivity contribution is 0.380. The number of phenols is 1. The molecule has 2 aromatic heterocycles. The molecule has 3 aromatic rings. The van der Waals surface area contributed by atoms with E-state index >= 15 is 0 Å². The van der Waals surface area contributed by atoms with Crippen LogP contribution in [0, 0.1) is 5.92 Å². The van der Waals surface area contributed by atoms with E-state index in [0.717, 1.165) is 43.4 Å². The number of rotatable bonds is 7. The van der Waals surface area contributed by atoms with E-state index < -0.39 is 0 Å². The van der Waals surface area contributed by atoms with Gasteiger partial charge in [0.2, 0.25) is 0 Å². The van der Waals surface area contributed by atoms with Gasteiger partial charge >= 0.3 is 6.01 Å². The maximum Gasteiger partial charge on any atom is 0.316 e. The van der Waals surface area contributed by atoms with E-state index in [1.165, 1.54) is 20.0 Å². The largest absolute Gasteiger partial charge is 0.507 e. The molecule has 1 atom stereocenters. The zero-order valence-electron chi connectivity index (χ0n) is 17.5. The van der Waals surface area contributed by atoms with E-state index in [1.807, 2.05) is 24.3 Å². The summed E-state index contributed by atoms with van der Waals surface area (Å²) >= 11 is 0. The van der Waals surface area contributed by atoms with Crippen LogP contribution in [-0.4, -0.2) is 58.1 Å². The van der Waals surface area contributed by atoms with Crippen LogP contribution >= 0.6 is 0 Å². The smallest absolute Gasteiger partial charge is 0.316 e. The van der Waals surface area contributed by atoms with E-state index in [9.17, 15) is 5.11 Å². The van der Waals surface area contributed by atoms with Gasteiger partial charge in [-0.05, 0) is 62.1 Å².